The lowest BCUT2D eigenvalue weighted by Crippen LogP contribution is -2.12. The van der Waals surface area contributed by atoms with Gasteiger partial charge < -0.3 is 5.32 Å². The van der Waals surface area contributed by atoms with E-state index in [1.54, 1.807) is 36.3 Å². The topological polar surface area (TPSA) is 103 Å². The molecule has 0 radical (unpaired) electrons. The Labute approximate surface area is 177 Å². The fourth-order valence-electron chi connectivity index (χ4n) is 3.19. The van der Waals surface area contributed by atoms with Gasteiger partial charge in [0.2, 0.25) is 5.95 Å². The summed E-state index contributed by atoms with van der Waals surface area (Å²) in [6.07, 6.45) is 0.0676. The van der Waals surface area contributed by atoms with Crippen LogP contribution in [-0.2, 0) is 13.2 Å². The Morgan fingerprint density at radius 1 is 1.09 bits per heavy atom. The van der Waals surface area contributed by atoms with Gasteiger partial charge in [-0.1, -0.05) is 6.07 Å². The molecule has 0 saturated carbocycles. The van der Waals surface area contributed by atoms with Crippen molar-refractivity contribution in [3.05, 3.63) is 70.9 Å². The second-order valence-electron chi connectivity index (χ2n) is 6.91. The van der Waals surface area contributed by atoms with Crippen LogP contribution in [0, 0.1) is 0 Å². The molecule has 0 spiro atoms. The lowest BCUT2D eigenvalue weighted by atomic mass is 10.1. The second-order valence-corrected chi connectivity index (χ2v) is 6.91. The van der Waals surface area contributed by atoms with E-state index in [9.17, 15) is 18.0 Å². The van der Waals surface area contributed by atoms with E-state index in [0.717, 1.165) is 12.1 Å². The lowest BCUT2D eigenvalue weighted by molar-refractivity contribution is -0.137. The van der Waals surface area contributed by atoms with E-state index in [2.05, 4.69) is 30.5 Å². The fourth-order valence-corrected chi connectivity index (χ4v) is 3.19. The predicted octanol–water partition coefficient (Wildman–Crippen LogP) is 3.20. The molecule has 0 aliphatic carbocycles. The van der Waals surface area contributed by atoms with Gasteiger partial charge >= 0.3 is 6.18 Å². The maximum atomic E-state index is 13.3. The van der Waals surface area contributed by atoms with Crippen molar-refractivity contribution in [2.45, 2.75) is 6.18 Å². The summed E-state index contributed by atoms with van der Waals surface area (Å²) in [5.74, 6) is 0.314. The highest BCUT2D eigenvalue weighted by Gasteiger charge is 2.31. The molecule has 0 fully saturated rings. The molecule has 0 saturated heterocycles. The van der Waals surface area contributed by atoms with Crippen LogP contribution in [0.5, 0.6) is 0 Å². The summed E-state index contributed by atoms with van der Waals surface area (Å²) >= 11 is 0. The number of anilines is 2. The molecule has 0 aliphatic rings. The number of rotatable bonds is 3. The molecule has 4 aromatic heterocycles. The van der Waals surface area contributed by atoms with Gasteiger partial charge in [0, 0.05) is 24.8 Å². The van der Waals surface area contributed by atoms with Crippen LogP contribution < -0.4 is 10.9 Å². The first kappa shape index (κ1) is 19.6. The number of halogens is 3. The van der Waals surface area contributed by atoms with Gasteiger partial charge in [-0.15, -0.1) is 5.10 Å². The Balaban J connectivity index is 1.78. The molecular formula is C20H13F3N8O. The minimum Gasteiger partial charge on any atom is -0.319 e. The number of nitrogens with one attached hydrogen (secondary N) is 1. The van der Waals surface area contributed by atoms with Gasteiger partial charge in [0.05, 0.1) is 22.8 Å². The summed E-state index contributed by atoms with van der Waals surface area (Å²) < 4.78 is 42.7. The van der Waals surface area contributed by atoms with Gasteiger partial charge in [-0.05, 0) is 30.3 Å². The highest BCUT2D eigenvalue weighted by Crippen LogP contribution is 2.33. The normalized spacial score (nSPS) is 11.9. The smallest absolute Gasteiger partial charge is 0.319 e. The van der Waals surface area contributed by atoms with Gasteiger partial charge in [0.1, 0.15) is 5.69 Å². The number of aromatic nitrogens is 7. The van der Waals surface area contributed by atoms with Gasteiger partial charge in [-0.2, -0.15) is 22.8 Å². The van der Waals surface area contributed by atoms with Gasteiger partial charge in [-0.3, -0.25) is 9.48 Å². The predicted molar refractivity (Wildman–Crippen MR) is 109 cm³/mol. The Kier molecular flexibility index (Phi) is 4.36. The van der Waals surface area contributed by atoms with Crippen molar-refractivity contribution in [2.75, 3.05) is 5.32 Å². The largest absolute Gasteiger partial charge is 0.416 e. The molecule has 32 heavy (non-hydrogen) atoms. The zero-order valence-corrected chi connectivity index (χ0v) is 16.4. The summed E-state index contributed by atoms with van der Waals surface area (Å²) in [7, 11) is 1.74. The molecular weight excluding hydrogens is 425 g/mol. The van der Waals surface area contributed by atoms with Crippen LogP contribution in [0.2, 0.25) is 0 Å². The number of hydrogen-bond donors (Lipinski definition) is 1. The molecule has 5 rings (SSSR count). The molecule has 4 heterocycles. The Morgan fingerprint density at radius 3 is 2.69 bits per heavy atom. The Morgan fingerprint density at radius 2 is 1.94 bits per heavy atom. The minimum atomic E-state index is -4.54. The summed E-state index contributed by atoms with van der Waals surface area (Å²) in [4.78, 5) is 24.8. The first-order chi connectivity index (χ1) is 15.3. The molecule has 0 atom stereocenters. The number of fused-ring (bicyclic) bond motifs is 3. The first-order valence-electron chi connectivity index (χ1n) is 9.29. The van der Waals surface area contributed by atoms with E-state index in [1.807, 2.05) is 0 Å². The van der Waals surface area contributed by atoms with E-state index in [0.29, 0.717) is 16.8 Å². The van der Waals surface area contributed by atoms with Crippen molar-refractivity contribution < 1.29 is 13.2 Å². The third-order valence-electron chi connectivity index (χ3n) is 4.69. The van der Waals surface area contributed by atoms with Gasteiger partial charge in [0.15, 0.2) is 11.5 Å². The number of aryl methyl sites for hydroxylation is 1. The van der Waals surface area contributed by atoms with E-state index in [-0.39, 0.29) is 22.8 Å². The summed E-state index contributed by atoms with van der Waals surface area (Å²) in [5.41, 5.74) is -0.418. The van der Waals surface area contributed by atoms with Crippen LogP contribution in [0.3, 0.4) is 0 Å². The maximum absolute atomic E-state index is 13.3. The van der Waals surface area contributed by atoms with Crippen molar-refractivity contribution in [3.63, 3.8) is 0 Å². The number of nitrogens with zero attached hydrogens (tertiary/aromatic N) is 7. The lowest BCUT2D eigenvalue weighted by Gasteiger charge is -2.10. The van der Waals surface area contributed by atoms with Crippen molar-refractivity contribution in [1.29, 1.82) is 0 Å². The van der Waals surface area contributed by atoms with Crippen molar-refractivity contribution in [3.8, 4) is 11.4 Å². The molecule has 0 amide bonds. The maximum Gasteiger partial charge on any atom is 0.416 e. The first-order valence-corrected chi connectivity index (χ1v) is 9.29. The standard InChI is InChI=1S/C20H13F3N8O/c1-30-10-11(9-25-30)16-28-17-13-6-5-12(20(21,22)23)8-15(13)27-19(31(17)29-16)26-14-4-2-3-7-24-18(14)32/h2-10H,1H3,(H,24,26,27,32). The van der Waals surface area contributed by atoms with Crippen LogP contribution in [0.4, 0.5) is 24.8 Å². The Hall–Kier alpha value is -4.35. The molecule has 9 nitrogen and oxygen atoms in total. The molecule has 0 unspecified atom stereocenters. The SMILES string of the molecule is Cn1cc(-c2nc3c4ccc(C(F)(F)F)cc4nc(Nc4ccccnc4=O)n3n2)cn1. The number of benzene rings is 1. The monoisotopic (exact) mass is 438 g/mol. The summed E-state index contributed by atoms with van der Waals surface area (Å²) in [5, 5.41) is 11.7. The van der Waals surface area contributed by atoms with E-state index in [4.69, 9.17) is 0 Å². The van der Waals surface area contributed by atoms with E-state index < -0.39 is 17.3 Å². The molecule has 1 aromatic carbocycles. The van der Waals surface area contributed by atoms with Gasteiger partial charge in [0.25, 0.3) is 5.56 Å². The molecule has 1 N–H and O–H groups in total. The zero-order chi connectivity index (χ0) is 22.5. The molecule has 5 aromatic rings. The highest BCUT2D eigenvalue weighted by atomic mass is 19.4. The van der Waals surface area contributed by atoms with Crippen LogP contribution in [0.15, 0.2) is 59.8 Å². The Bertz CT molecular complexity index is 1540. The third kappa shape index (κ3) is 3.41. The molecule has 0 aliphatic heterocycles. The molecule has 160 valence electrons. The van der Waals surface area contributed by atoms with Crippen molar-refractivity contribution in [1.82, 2.24) is 34.3 Å². The molecule has 12 heteroatoms. The summed E-state index contributed by atoms with van der Waals surface area (Å²) in [6, 6.07) is 7.85. The fraction of sp³-hybridized carbons (Fsp3) is 0.100. The highest BCUT2D eigenvalue weighted by molar-refractivity contribution is 5.93. The minimum absolute atomic E-state index is 0.0135. The summed E-state index contributed by atoms with van der Waals surface area (Å²) in [6.45, 7) is 0. The average molecular weight is 438 g/mol. The van der Waals surface area contributed by atoms with E-state index >= 15 is 0 Å². The van der Waals surface area contributed by atoms with Gasteiger partial charge in [-0.25, -0.2) is 15.0 Å². The zero-order valence-electron chi connectivity index (χ0n) is 16.4. The van der Waals surface area contributed by atoms with Crippen LogP contribution in [0.25, 0.3) is 27.9 Å². The van der Waals surface area contributed by atoms with Crippen LogP contribution >= 0.6 is 0 Å². The van der Waals surface area contributed by atoms with Crippen molar-refractivity contribution in [2.24, 2.45) is 7.05 Å². The van der Waals surface area contributed by atoms with E-state index in [1.165, 1.54) is 22.8 Å². The quantitative estimate of drug-likeness (QED) is 0.461. The average Bonchev–Trinajstić information content (AvgIpc) is 3.33. The number of hydrogen-bond acceptors (Lipinski definition) is 7. The van der Waals surface area contributed by atoms with Crippen LogP contribution in [-0.4, -0.2) is 34.3 Å². The van der Waals surface area contributed by atoms with Crippen molar-refractivity contribution >= 4 is 28.2 Å². The third-order valence-corrected chi connectivity index (χ3v) is 4.69. The second kappa shape index (κ2) is 7.11. The molecule has 0 bridgehead atoms. The number of alkyl halides is 3. The van der Waals surface area contributed by atoms with Crippen LogP contribution in [0.1, 0.15) is 5.56 Å².